The van der Waals surface area contributed by atoms with E-state index in [1.807, 2.05) is 18.3 Å². The second kappa shape index (κ2) is 3.90. The maximum Gasteiger partial charge on any atom is 0.291 e. The molecule has 3 heteroatoms. The Morgan fingerprint density at radius 3 is 2.62 bits per heavy atom. The summed E-state index contributed by atoms with van der Waals surface area (Å²) < 4.78 is 3.41. The quantitative estimate of drug-likeness (QED) is 0.525. The highest BCUT2D eigenvalue weighted by Gasteiger charge is 2.12. The van der Waals surface area contributed by atoms with Gasteiger partial charge < -0.3 is 0 Å². The number of pyridine rings is 1. The van der Waals surface area contributed by atoms with Crippen LogP contribution in [0.25, 0.3) is 16.9 Å². The van der Waals surface area contributed by atoms with Crippen molar-refractivity contribution in [3.05, 3.63) is 58.4 Å². The molecule has 0 saturated heterocycles. The fourth-order valence-electron chi connectivity index (χ4n) is 1.82. The molecular weight excluding hydrogens is 311 g/mol. The molecule has 0 aliphatic carbocycles. The molecular formula is C13H10IN2+. The van der Waals surface area contributed by atoms with Crippen molar-refractivity contribution in [3.8, 4) is 11.4 Å². The summed E-state index contributed by atoms with van der Waals surface area (Å²) in [5.74, 6) is 1.12. The van der Waals surface area contributed by atoms with Crippen molar-refractivity contribution in [1.29, 1.82) is 0 Å². The van der Waals surface area contributed by atoms with Gasteiger partial charge in [-0.2, -0.15) is 4.40 Å². The van der Waals surface area contributed by atoms with Gasteiger partial charge in [0, 0.05) is 3.57 Å². The van der Waals surface area contributed by atoms with Crippen LogP contribution in [0.15, 0.2) is 54.9 Å². The SMILES string of the molecule is Ic1ccc(-c2[nH]cc3cccc[n+]23)cc1. The highest BCUT2D eigenvalue weighted by atomic mass is 127. The standard InChI is InChI=1S/C13H9IN2/c14-11-6-4-10(5-7-11)13-15-9-12-3-1-2-8-16(12)13/h1-9H/p+1. The first-order valence-electron chi connectivity index (χ1n) is 5.08. The van der Waals surface area contributed by atoms with E-state index >= 15 is 0 Å². The summed E-state index contributed by atoms with van der Waals surface area (Å²) in [6.45, 7) is 0. The molecule has 16 heavy (non-hydrogen) atoms. The van der Waals surface area contributed by atoms with Gasteiger partial charge in [-0.1, -0.05) is 6.07 Å². The monoisotopic (exact) mass is 321 g/mol. The summed E-state index contributed by atoms with van der Waals surface area (Å²) in [6, 6.07) is 14.7. The number of imidazole rings is 1. The highest BCUT2D eigenvalue weighted by molar-refractivity contribution is 14.1. The van der Waals surface area contributed by atoms with Gasteiger partial charge >= 0.3 is 0 Å². The average molecular weight is 321 g/mol. The van der Waals surface area contributed by atoms with E-state index in [-0.39, 0.29) is 0 Å². The first-order chi connectivity index (χ1) is 7.84. The van der Waals surface area contributed by atoms with Gasteiger partial charge in [0.15, 0.2) is 5.52 Å². The van der Waals surface area contributed by atoms with Crippen molar-refractivity contribution in [2.75, 3.05) is 0 Å². The van der Waals surface area contributed by atoms with E-state index in [0.717, 1.165) is 5.82 Å². The summed E-state index contributed by atoms with van der Waals surface area (Å²) in [4.78, 5) is 3.31. The van der Waals surface area contributed by atoms with Crippen LogP contribution in [0.3, 0.4) is 0 Å². The van der Waals surface area contributed by atoms with E-state index in [1.54, 1.807) is 0 Å². The fraction of sp³-hybridized carbons (Fsp3) is 0. The molecule has 0 atom stereocenters. The molecule has 2 aromatic heterocycles. The minimum Gasteiger partial charge on any atom is -0.242 e. The number of nitrogens with zero attached hydrogens (tertiary/aromatic N) is 1. The first-order valence-corrected chi connectivity index (χ1v) is 6.16. The number of halogens is 1. The lowest BCUT2D eigenvalue weighted by Gasteiger charge is -1.95. The van der Waals surface area contributed by atoms with Crippen molar-refractivity contribution in [2.45, 2.75) is 0 Å². The molecule has 1 N–H and O–H groups in total. The molecule has 0 unspecified atom stereocenters. The van der Waals surface area contributed by atoms with E-state index < -0.39 is 0 Å². The zero-order valence-electron chi connectivity index (χ0n) is 8.52. The minimum absolute atomic E-state index is 1.12. The van der Waals surface area contributed by atoms with Gasteiger partial charge in [0.1, 0.15) is 6.20 Å². The Balaban J connectivity index is 2.22. The topological polar surface area (TPSA) is 19.9 Å². The summed E-state index contributed by atoms with van der Waals surface area (Å²) in [7, 11) is 0. The van der Waals surface area contributed by atoms with E-state index in [4.69, 9.17) is 0 Å². The zero-order chi connectivity index (χ0) is 11.0. The van der Waals surface area contributed by atoms with Gasteiger partial charge in [-0.15, -0.1) is 0 Å². The molecule has 0 aliphatic heterocycles. The normalized spacial score (nSPS) is 10.8. The number of benzene rings is 1. The van der Waals surface area contributed by atoms with Crippen LogP contribution < -0.4 is 4.40 Å². The molecule has 0 bridgehead atoms. The number of fused-ring (bicyclic) bond motifs is 1. The Morgan fingerprint density at radius 2 is 1.81 bits per heavy atom. The third-order valence-electron chi connectivity index (χ3n) is 2.61. The predicted octanol–water partition coefficient (Wildman–Crippen LogP) is 3.03. The van der Waals surface area contributed by atoms with Crippen LogP contribution in [0.2, 0.25) is 0 Å². The molecule has 0 amide bonds. The first kappa shape index (κ1) is 9.84. The lowest BCUT2D eigenvalue weighted by molar-refractivity contribution is -0.498. The van der Waals surface area contributed by atoms with Gasteiger partial charge in [0.2, 0.25) is 0 Å². The van der Waals surface area contributed by atoms with Crippen LogP contribution in [0.1, 0.15) is 0 Å². The fourth-order valence-corrected chi connectivity index (χ4v) is 2.18. The van der Waals surface area contributed by atoms with Crippen LogP contribution in [0, 0.1) is 3.57 Å². The van der Waals surface area contributed by atoms with Crippen molar-refractivity contribution < 1.29 is 4.40 Å². The molecule has 0 aliphatic rings. The number of aromatic amines is 1. The molecule has 78 valence electrons. The molecule has 2 heterocycles. The van der Waals surface area contributed by atoms with E-state index in [1.165, 1.54) is 14.7 Å². The Morgan fingerprint density at radius 1 is 1.00 bits per heavy atom. The average Bonchev–Trinajstić information content (AvgIpc) is 2.74. The largest absolute Gasteiger partial charge is 0.291 e. The summed E-state index contributed by atoms with van der Waals surface area (Å²) in [5, 5.41) is 0. The molecule has 0 spiro atoms. The van der Waals surface area contributed by atoms with Crippen LogP contribution in [0.5, 0.6) is 0 Å². The zero-order valence-corrected chi connectivity index (χ0v) is 10.7. The highest BCUT2D eigenvalue weighted by Crippen LogP contribution is 2.16. The third-order valence-corrected chi connectivity index (χ3v) is 3.33. The summed E-state index contributed by atoms with van der Waals surface area (Å²) in [5.41, 5.74) is 2.38. The van der Waals surface area contributed by atoms with Gasteiger partial charge in [-0.3, -0.25) is 0 Å². The second-order valence-electron chi connectivity index (χ2n) is 3.64. The van der Waals surface area contributed by atoms with Crippen molar-refractivity contribution in [3.63, 3.8) is 0 Å². The molecule has 3 aromatic rings. The van der Waals surface area contributed by atoms with Gasteiger partial charge in [-0.25, -0.2) is 4.98 Å². The Hall–Kier alpha value is -1.36. The third kappa shape index (κ3) is 1.61. The number of hydrogen-bond acceptors (Lipinski definition) is 0. The van der Waals surface area contributed by atoms with Crippen molar-refractivity contribution in [1.82, 2.24) is 4.98 Å². The number of hydrogen-bond donors (Lipinski definition) is 1. The van der Waals surface area contributed by atoms with Crippen molar-refractivity contribution >= 4 is 28.1 Å². The molecule has 3 rings (SSSR count). The Bertz CT molecular complexity index is 626. The van der Waals surface area contributed by atoms with Gasteiger partial charge in [0.05, 0.1) is 11.8 Å². The van der Waals surface area contributed by atoms with Crippen molar-refractivity contribution in [2.24, 2.45) is 0 Å². The number of rotatable bonds is 1. The van der Waals surface area contributed by atoms with Crippen LogP contribution in [-0.2, 0) is 0 Å². The molecule has 0 fully saturated rings. The predicted molar refractivity (Wildman–Crippen MR) is 72.1 cm³/mol. The molecule has 2 nitrogen and oxygen atoms in total. The van der Waals surface area contributed by atoms with Crippen LogP contribution in [-0.4, -0.2) is 4.98 Å². The molecule has 1 aromatic carbocycles. The number of aromatic nitrogens is 2. The van der Waals surface area contributed by atoms with Crippen LogP contribution >= 0.6 is 22.6 Å². The Labute approximate surface area is 107 Å². The summed E-state index contributed by atoms with van der Waals surface area (Å²) >= 11 is 2.32. The molecule has 0 radical (unpaired) electrons. The van der Waals surface area contributed by atoms with E-state index in [0.29, 0.717) is 0 Å². The number of H-pyrrole nitrogens is 1. The smallest absolute Gasteiger partial charge is 0.242 e. The van der Waals surface area contributed by atoms with Gasteiger partial charge in [0.25, 0.3) is 5.82 Å². The van der Waals surface area contributed by atoms with E-state index in [9.17, 15) is 0 Å². The summed E-state index contributed by atoms with van der Waals surface area (Å²) in [6.07, 6.45) is 4.09. The lowest BCUT2D eigenvalue weighted by atomic mass is 10.2. The number of nitrogens with one attached hydrogen (secondary N) is 1. The molecule has 0 saturated carbocycles. The maximum atomic E-state index is 3.31. The Kier molecular flexibility index (Phi) is 2.40. The van der Waals surface area contributed by atoms with E-state index in [2.05, 4.69) is 68.5 Å². The van der Waals surface area contributed by atoms with Crippen LogP contribution in [0.4, 0.5) is 0 Å². The second-order valence-corrected chi connectivity index (χ2v) is 4.89. The lowest BCUT2D eigenvalue weighted by Crippen LogP contribution is -2.20. The van der Waals surface area contributed by atoms with Gasteiger partial charge in [-0.05, 0) is 59.0 Å². The minimum atomic E-state index is 1.12. The maximum absolute atomic E-state index is 3.31.